The van der Waals surface area contributed by atoms with Crippen molar-refractivity contribution in [1.82, 2.24) is 9.97 Å². The molecule has 1 aliphatic carbocycles. The first-order chi connectivity index (χ1) is 9.61. The van der Waals surface area contributed by atoms with E-state index in [1.165, 1.54) is 6.33 Å². The van der Waals surface area contributed by atoms with Crippen molar-refractivity contribution in [3.8, 4) is 0 Å². The summed E-state index contributed by atoms with van der Waals surface area (Å²) in [6.07, 6.45) is 3.50. The molecule has 1 fully saturated rings. The van der Waals surface area contributed by atoms with E-state index >= 15 is 0 Å². The lowest BCUT2D eigenvalue weighted by atomic mass is 10.1. The van der Waals surface area contributed by atoms with E-state index in [-0.39, 0.29) is 23.4 Å². The molecule has 110 valence electrons. The van der Waals surface area contributed by atoms with Crippen LogP contribution in [-0.4, -0.2) is 39.2 Å². The average Bonchev–Trinajstić information content (AvgIpc) is 2.82. The number of aliphatic hydroxyl groups is 1. The van der Waals surface area contributed by atoms with E-state index < -0.39 is 4.92 Å². The molecule has 2 atom stereocenters. The summed E-state index contributed by atoms with van der Waals surface area (Å²) in [6, 6.07) is 0. The quantitative estimate of drug-likeness (QED) is 0.533. The average molecular weight is 281 g/mol. The Balaban J connectivity index is 2.10. The van der Waals surface area contributed by atoms with E-state index in [0.29, 0.717) is 19.0 Å². The van der Waals surface area contributed by atoms with Gasteiger partial charge in [0.15, 0.2) is 0 Å². The molecule has 2 rings (SSSR count). The third-order valence-electron chi connectivity index (χ3n) is 3.42. The fraction of sp³-hybridized carbons (Fsp3) is 0.667. The highest BCUT2D eigenvalue weighted by Crippen LogP contribution is 2.30. The molecule has 0 radical (unpaired) electrons. The van der Waals surface area contributed by atoms with Crippen LogP contribution in [0.15, 0.2) is 6.33 Å². The highest BCUT2D eigenvalue weighted by atomic mass is 16.6. The number of rotatable bonds is 6. The molecule has 2 unspecified atom stereocenters. The van der Waals surface area contributed by atoms with Crippen LogP contribution in [0.3, 0.4) is 0 Å². The molecule has 0 bridgehead atoms. The second-order valence-corrected chi connectivity index (χ2v) is 4.92. The zero-order chi connectivity index (χ0) is 14.5. The van der Waals surface area contributed by atoms with E-state index in [9.17, 15) is 15.2 Å². The van der Waals surface area contributed by atoms with E-state index in [1.54, 1.807) is 0 Å². The number of hydrogen-bond acceptors (Lipinski definition) is 7. The van der Waals surface area contributed by atoms with Crippen molar-refractivity contribution in [3.05, 3.63) is 16.4 Å². The Hall–Kier alpha value is -1.96. The Morgan fingerprint density at radius 1 is 1.40 bits per heavy atom. The molecule has 0 spiro atoms. The molecule has 0 amide bonds. The van der Waals surface area contributed by atoms with E-state index in [4.69, 9.17) is 0 Å². The van der Waals surface area contributed by atoms with Gasteiger partial charge < -0.3 is 15.7 Å². The molecular weight excluding hydrogens is 262 g/mol. The maximum Gasteiger partial charge on any atom is 0.353 e. The summed E-state index contributed by atoms with van der Waals surface area (Å²) in [4.78, 5) is 18.5. The SMILES string of the molecule is CCNc1ncnc(NCC2CCC(O)C2)c1[N+](=O)[O-]. The summed E-state index contributed by atoms with van der Waals surface area (Å²) in [5.41, 5.74) is -0.132. The first-order valence-electron chi connectivity index (χ1n) is 6.77. The van der Waals surface area contributed by atoms with Crippen LogP contribution < -0.4 is 10.6 Å². The lowest BCUT2D eigenvalue weighted by Crippen LogP contribution is -2.15. The van der Waals surface area contributed by atoms with Crippen molar-refractivity contribution in [3.63, 3.8) is 0 Å². The lowest BCUT2D eigenvalue weighted by Gasteiger charge is -2.12. The van der Waals surface area contributed by atoms with Crippen LogP contribution in [-0.2, 0) is 0 Å². The molecule has 1 aromatic heterocycles. The van der Waals surface area contributed by atoms with Gasteiger partial charge in [-0.05, 0) is 32.1 Å². The van der Waals surface area contributed by atoms with E-state index in [1.807, 2.05) is 6.92 Å². The number of aliphatic hydroxyl groups excluding tert-OH is 1. The molecule has 1 saturated carbocycles. The fourth-order valence-corrected chi connectivity index (χ4v) is 2.45. The van der Waals surface area contributed by atoms with Gasteiger partial charge in [-0.3, -0.25) is 10.1 Å². The Labute approximate surface area is 116 Å². The minimum atomic E-state index is -0.482. The van der Waals surface area contributed by atoms with Crippen LogP contribution >= 0.6 is 0 Å². The predicted octanol–water partition coefficient (Wildman–Crippen LogP) is 1.39. The minimum absolute atomic E-state index is 0.132. The van der Waals surface area contributed by atoms with E-state index in [2.05, 4.69) is 20.6 Å². The van der Waals surface area contributed by atoms with Crippen molar-refractivity contribution < 1.29 is 10.0 Å². The van der Waals surface area contributed by atoms with Gasteiger partial charge in [-0.25, -0.2) is 9.97 Å². The number of hydrogen-bond donors (Lipinski definition) is 3. The summed E-state index contributed by atoms with van der Waals surface area (Å²) in [7, 11) is 0. The smallest absolute Gasteiger partial charge is 0.353 e. The highest BCUT2D eigenvalue weighted by Gasteiger charge is 2.26. The van der Waals surface area contributed by atoms with Crippen molar-refractivity contribution in [2.24, 2.45) is 5.92 Å². The summed E-state index contributed by atoms with van der Waals surface area (Å²) in [5.74, 6) is 0.769. The number of nitrogens with zero attached hydrogens (tertiary/aromatic N) is 3. The fourth-order valence-electron chi connectivity index (χ4n) is 2.45. The van der Waals surface area contributed by atoms with Crippen LogP contribution in [0.5, 0.6) is 0 Å². The summed E-state index contributed by atoms with van der Waals surface area (Å²) in [6.45, 7) is 2.96. The maximum absolute atomic E-state index is 11.2. The first-order valence-corrected chi connectivity index (χ1v) is 6.77. The van der Waals surface area contributed by atoms with Crippen molar-refractivity contribution in [2.45, 2.75) is 32.3 Å². The normalized spacial score (nSPS) is 21.7. The molecule has 8 nitrogen and oxygen atoms in total. The zero-order valence-electron chi connectivity index (χ0n) is 11.4. The summed E-state index contributed by atoms with van der Waals surface area (Å²) in [5, 5.41) is 26.5. The third kappa shape index (κ3) is 3.32. The second-order valence-electron chi connectivity index (χ2n) is 4.92. The Kier molecular flexibility index (Phi) is 4.67. The van der Waals surface area contributed by atoms with Gasteiger partial charge in [0, 0.05) is 13.1 Å². The molecular formula is C12H19N5O3. The molecule has 1 aliphatic rings. The van der Waals surface area contributed by atoms with Gasteiger partial charge in [0.2, 0.25) is 11.6 Å². The molecule has 0 aliphatic heterocycles. The number of nitrogens with one attached hydrogen (secondary N) is 2. The van der Waals surface area contributed by atoms with Gasteiger partial charge in [0.05, 0.1) is 11.0 Å². The first kappa shape index (κ1) is 14.4. The molecule has 1 heterocycles. The van der Waals surface area contributed by atoms with Crippen LogP contribution in [0.1, 0.15) is 26.2 Å². The zero-order valence-corrected chi connectivity index (χ0v) is 11.4. The molecule has 8 heteroatoms. The third-order valence-corrected chi connectivity index (χ3v) is 3.42. The van der Waals surface area contributed by atoms with Crippen molar-refractivity contribution in [2.75, 3.05) is 23.7 Å². The highest BCUT2D eigenvalue weighted by molar-refractivity contribution is 5.69. The van der Waals surface area contributed by atoms with Crippen LogP contribution in [0.4, 0.5) is 17.3 Å². The monoisotopic (exact) mass is 281 g/mol. The van der Waals surface area contributed by atoms with Crippen molar-refractivity contribution in [1.29, 1.82) is 0 Å². The number of nitro groups is 1. The van der Waals surface area contributed by atoms with Gasteiger partial charge in [-0.2, -0.15) is 0 Å². The second kappa shape index (κ2) is 6.47. The van der Waals surface area contributed by atoms with Crippen LogP contribution in [0.2, 0.25) is 0 Å². The number of aromatic nitrogens is 2. The van der Waals surface area contributed by atoms with Gasteiger partial charge in [0.1, 0.15) is 6.33 Å². The predicted molar refractivity (Wildman–Crippen MR) is 74.7 cm³/mol. The maximum atomic E-state index is 11.2. The van der Waals surface area contributed by atoms with Crippen LogP contribution in [0, 0.1) is 16.0 Å². The number of anilines is 2. The topological polar surface area (TPSA) is 113 Å². The minimum Gasteiger partial charge on any atom is -0.393 e. The van der Waals surface area contributed by atoms with Gasteiger partial charge in [-0.15, -0.1) is 0 Å². The molecule has 1 aromatic rings. The molecule has 3 N–H and O–H groups in total. The van der Waals surface area contributed by atoms with Gasteiger partial charge in [0.25, 0.3) is 0 Å². The summed E-state index contributed by atoms with van der Waals surface area (Å²) >= 11 is 0. The van der Waals surface area contributed by atoms with Crippen molar-refractivity contribution >= 4 is 17.3 Å². The Bertz CT molecular complexity index is 482. The molecule has 0 aromatic carbocycles. The Morgan fingerprint density at radius 3 is 2.65 bits per heavy atom. The van der Waals surface area contributed by atoms with Gasteiger partial charge >= 0.3 is 5.69 Å². The summed E-state index contributed by atoms with van der Waals surface area (Å²) < 4.78 is 0. The largest absolute Gasteiger partial charge is 0.393 e. The standard InChI is InChI=1S/C12H19N5O3/c1-2-13-11-10(17(19)20)12(16-7-15-11)14-6-8-3-4-9(18)5-8/h7-9,18H,2-6H2,1H3,(H2,13,14,15,16). The molecule has 20 heavy (non-hydrogen) atoms. The van der Waals surface area contributed by atoms with Gasteiger partial charge in [-0.1, -0.05) is 0 Å². The van der Waals surface area contributed by atoms with E-state index in [0.717, 1.165) is 19.3 Å². The van der Waals surface area contributed by atoms with Crippen LogP contribution in [0.25, 0.3) is 0 Å². The molecule has 0 saturated heterocycles. The Morgan fingerprint density at radius 2 is 2.10 bits per heavy atom. The lowest BCUT2D eigenvalue weighted by molar-refractivity contribution is -0.383.